The number of carbonyl (C=O) groups excluding carboxylic acids is 2. The molecule has 0 fully saturated rings. The van der Waals surface area contributed by atoms with Crippen molar-refractivity contribution in [3.05, 3.63) is 36.4 Å². The average molecular weight is 284 g/mol. The van der Waals surface area contributed by atoms with Gasteiger partial charge in [-0.25, -0.2) is 0 Å². The van der Waals surface area contributed by atoms with Crippen molar-refractivity contribution < 1.29 is 14.0 Å². The zero-order valence-electron chi connectivity index (χ0n) is 10.1. The zero-order chi connectivity index (χ0) is 13.5. The van der Waals surface area contributed by atoms with E-state index in [9.17, 15) is 9.59 Å². The van der Waals surface area contributed by atoms with Crippen molar-refractivity contribution in [3.63, 3.8) is 0 Å². The molecule has 0 aliphatic rings. The van der Waals surface area contributed by atoms with E-state index in [0.717, 1.165) is 17.3 Å². The Labute approximate surface area is 112 Å². The summed E-state index contributed by atoms with van der Waals surface area (Å²) in [6, 6.07) is 7.44. The third-order valence-electron chi connectivity index (χ3n) is 2.37. The van der Waals surface area contributed by atoms with Crippen molar-refractivity contribution in [1.82, 2.24) is 0 Å². The summed E-state index contributed by atoms with van der Waals surface area (Å²) in [5.41, 5.74) is 0.660. The molecule has 1 rings (SSSR count). The van der Waals surface area contributed by atoms with E-state index in [-0.39, 0.29) is 0 Å². The largest absolute Gasteiger partial charge is 0.419 e. The van der Waals surface area contributed by atoms with Crippen LogP contribution in [-0.4, -0.2) is 27.3 Å². The first kappa shape index (κ1) is 14.6. The van der Waals surface area contributed by atoms with E-state index in [2.05, 4.69) is 11.9 Å². The molecule has 0 aliphatic carbocycles. The Morgan fingerprint density at radius 2 is 1.89 bits per heavy atom. The molecule has 0 saturated carbocycles. The van der Waals surface area contributed by atoms with Crippen LogP contribution in [0.5, 0.6) is 0 Å². The van der Waals surface area contributed by atoms with Gasteiger partial charge in [-0.05, 0) is 35.5 Å². The molecule has 18 heavy (non-hydrogen) atoms. The minimum Gasteiger partial charge on any atom is -0.419 e. The van der Waals surface area contributed by atoms with Gasteiger partial charge in [0.1, 0.15) is 0 Å². The van der Waals surface area contributed by atoms with Crippen LogP contribution in [0.1, 0.15) is 0 Å². The number of allylic oxidation sites excluding steroid dienone is 1. The summed E-state index contributed by atoms with van der Waals surface area (Å²) < 4.78 is 5.31. The van der Waals surface area contributed by atoms with Crippen LogP contribution < -0.4 is 10.5 Å². The zero-order valence-corrected chi connectivity index (χ0v) is 12.1. The van der Waals surface area contributed by atoms with Crippen LogP contribution in [0.3, 0.4) is 0 Å². The quantitative estimate of drug-likeness (QED) is 0.501. The Balaban J connectivity index is 2.64. The number of amides is 1. The molecule has 0 bridgehead atoms. The first-order valence-corrected chi connectivity index (χ1v) is 7.92. The van der Waals surface area contributed by atoms with Crippen LogP contribution in [0.2, 0.25) is 6.55 Å². The van der Waals surface area contributed by atoms with Gasteiger partial charge < -0.3 is 9.74 Å². The average Bonchev–Trinajstić information content (AvgIpc) is 2.36. The van der Waals surface area contributed by atoms with Gasteiger partial charge in [-0.3, -0.25) is 9.59 Å². The summed E-state index contributed by atoms with van der Waals surface area (Å²) >= 11 is 5.08. The minimum atomic E-state index is -1.31. The second-order valence-corrected chi connectivity index (χ2v) is 6.42. The number of benzene rings is 1. The summed E-state index contributed by atoms with van der Waals surface area (Å²) in [6.07, 6.45) is 2.10. The van der Waals surface area contributed by atoms with E-state index in [1.54, 1.807) is 19.2 Å². The molecule has 1 amide bonds. The van der Waals surface area contributed by atoms with Gasteiger partial charge in [-0.15, -0.1) is 0 Å². The standard InChI is InChI=1S/C12H14ClNO3Si/c1-17-18(2)10-5-3-9(4-6-10)14-12(16)8-7-11(13)15/h3-8,18H,1-2H3,(H,14,16)/b8-7+/t18-/m1/s1. The summed E-state index contributed by atoms with van der Waals surface area (Å²) in [5.74, 6) is -0.395. The Morgan fingerprint density at radius 3 is 2.39 bits per heavy atom. The van der Waals surface area contributed by atoms with E-state index >= 15 is 0 Å². The van der Waals surface area contributed by atoms with E-state index in [1.807, 2.05) is 12.1 Å². The van der Waals surface area contributed by atoms with E-state index in [0.29, 0.717) is 5.69 Å². The molecule has 1 N–H and O–H groups in total. The first-order valence-electron chi connectivity index (χ1n) is 5.34. The van der Waals surface area contributed by atoms with Gasteiger partial charge in [0.2, 0.25) is 20.2 Å². The van der Waals surface area contributed by atoms with Gasteiger partial charge in [0, 0.05) is 24.9 Å². The number of rotatable bonds is 5. The topological polar surface area (TPSA) is 55.4 Å². The maximum absolute atomic E-state index is 11.4. The lowest BCUT2D eigenvalue weighted by atomic mass is 10.3. The van der Waals surface area contributed by atoms with Crippen molar-refractivity contribution in [1.29, 1.82) is 0 Å². The van der Waals surface area contributed by atoms with Crippen molar-refractivity contribution in [2.24, 2.45) is 0 Å². The highest BCUT2D eigenvalue weighted by atomic mass is 35.5. The molecular formula is C12H14ClNO3Si. The van der Waals surface area contributed by atoms with Crippen LogP contribution >= 0.6 is 11.6 Å². The smallest absolute Gasteiger partial charge is 0.248 e. The van der Waals surface area contributed by atoms with Crippen LogP contribution in [0, 0.1) is 0 Å². The molecule has 0 unspecified atom stereocenters. The molecular weight excluding hydrogens is 270 g/mol. The molecule has 1 aromatic carbocycles. The number of halogens is 1. The second kappa shape index (κ2) is 7.10. The summed E-state index contributed by atoms with van der Waals surface area (Å²) in [7, 11) is 0.383. The molecule has 0 aromatic heterocycles. The first-order chi connectivity index (χ1) is 8.52. The number of anilines is 1. The second-order valence-electron chi connectivity index (χ2n) is 3.63. The van der Waals surface area contributed by atoms with Crippen molar-refractivity contribution >= 4 is 42.7 Å². The fraction of sp³-hybridized carbons (Fsp3) is 0.167. The molecule has 4 nitrogen and oxygen atoms in total. The highest BCUT2D eigenvalue weighted by molar-refractivity contribution is 6.66. The molecule has 0 heterocycles. The fourth-order valence-corrected chi connectivity index (χ4v) is 2.37. The predicted molar refractivity (Wildman–Crippen MR) is 74.7 cm³/mol. The minimum absolute atomic E-state index is 0.395. The van der Waals surface area contributed by atoms with E-state index < -0.39 is 20.2 Å². The van der Waals surface area contributed by atoms with Crippen LogP contribution in [0.4, 0.5) is 5.69 Å². The van der Waals surface area contributed by atoms with Crippen molar-refractivity contribution in [2.75, 3.05) is 12.4 Å². The van der Waals surface area contributed by atoms with Gasteiger partial charge >= 0.3 is 0 Å². The third kappa shape index (κ3) is 4.83. The molecule has 0 aliphatic heterocycles. The van der Waals surface area contributed by atoms with Gasteiger partial charge in [0.15, 0.2) is 0 Å². The normalized spacial score (nSPS) is 12.4. The monoisotopic (exact) mass is 283 g/mol. The molecule has 0 radical (unpaired) electrons. The van der Waals surface area contributed by atoms with Gasteiger partial charge in [-0.1, -0.05) is 12.1 Å². The summed E-state index contributed by atoms with van der Waals surface area (Å²) in [4.78, 5) is 21.8. The Bertz CT molecular complexity index is 459. The Kier molecular flexibility index (Phi) is 5.77. The lowest BCUT2D eigenvalue weighted by molar-refractivity contribution is -0.112. The fourth-order valence-electron chi connectivity index (χ4n) is 1.30. The highest BCUT2D eigenvalue weighted by Gasteiger charge is 2.06. The molecule has 0 spiro atoms. The Morgan fingerprint density at radius 1 is 1.28 bits per heavy atom. The van der Waals surface area contributed by atoms with E-state index in [4.69, 9.17) is 16.0 Å². The van der Waals surface area contributed by atoms with Gasteiger partial charge in [0.05, 0.1) is 0 Å². The predicted octanol–water partition coefficient (Wildman–Crippen LogP) is 1.15. The van der Waals surface area contributed by atoms with Gasteiger partial charge in [-0.2, -0.15) is 0 Å². The third-order valence-corrected chi connectivity index (χ3v) is 4.52. The maximum atomic E-state index is 11.4. The number of carbonyl (C=O) groups is 2. The summed E-state index contributed by atoms with van der Waals surface area (Å²) in [5, 5.41) is 3.09. The molecule has 1 atom stereocenters. The molecule has 0 saturated heterocycles. The molecule has 96 valence electrons. The molecule has 1 aromatic rings. The van der Waals surface area contributed by atoms with Gasteiger partial charge in [0.25, 0.3) is 0 Å². The van der Waals surface area contributed by atoms with Crippen LogP contribution in [0.25, 0.3) is 0 Å². The number of nitrogens with one attached hydrogen (secondary N) is 1. The van der Waals surface area contributed by atoms with Crippen molar-refractivity contribution in [2.45, 2.75) is 6.55 Å². The Hall–Kier alpha value is -1.43. The maximum Gasteiger partial charge on any atom is 0.248 e. The lowest BCUT2D eigenvalue weighted by Crippen LogP contribution is -2.28. The number of hydrogen-bond acceptors (Lipinski definition) is 3. The summed E-state index contributed by atoms with van der Waals surface area (Å²) in [6.45, 7) is 2.07. The van der Waals surface area contributed by atoms with Crippen molar-refractivity contribution in [3.8, 4) is 0 Å². The number of hydrogen-bond donors (Lipinski definition) is 1. The van der Waals surface area contributed by atoms with Crippen LogP contribution in [-0.2, 0) is 14.0 Å². The van der Waals surface area contributed by atoms with E-state index in [1.165, 1.54) is 0 Å². The van der Waals surface area contributed by atoms with Crippen LogP contribution in [0.15, 0.2) is 36.4 Å². The SMILES string of the molecule is CO[Si@H](C)c1ccc(NC(=O)/C=C/C(=O)Cl)cc1. The highest BCUT2D eigenvalue weighted by Crippen LogP contribution is 2.05. The lowest BCUT2D eigenvalue weighted by Gasteiger charge is -2.08. The molecule has 6 heteroatoms.